The highest BCUT2D eigenvalue weighted by atomic mass is 16.1. The Morgan fingerprint density at radius 3 is 2.50 bits per heavy atom. The van der Waals surface area contributed by atoms with Crippen molar-refractivity contribution in [3.8, 4) is 0 Å². The van der Waals surface area contributed by atoms with Crippen molar-refractivity contribution in [2.45, 2.75) is 39.5 Å². The van der Waals surface area contributed by atoms with Crippen molar-refractivity contribution < 1.29 is 4.79 Å². The summed E-state index contributed by atoms with van der Waals surface area (Å²) in [5.74, 6) is 1.42. The van der Waals surface area contributed by atoms with Gasteiger partial charge in [-0.15, -0.1) is 0 Å². The number of Topliss-reactive ketones (excluding diaryl/α,β-unsaturated/α-hetero) is 1. The van der Waals surface area contributed by atoms with Crippen molar-refractivity contribution in [2.24, 2.45) is 11.8 Å². The maximum atomic E-state index is 12.2. The van der Waals surface area contributed by atoms with Gasteiger partial charge in [-0.05, 0) is 32.1 Å². The van der Waals surface area contributed by atoms with Gasteiger partial charge in [-0.3, -0.25) is 4.79 Å². The van der Waals surface area contributed by atoms with Gasteiger partial charge in [0.05, 0.1) is 0 Å². The molecule has 1 heteroatoms. The first-order valence-corrected chi connectivity index (χ1v) is 6.31. The Balaban J connectivity index is 2.05. The number of aryl methyl sites for hydroxylation is 1. The van der Waals surface area contributed by atoms with Crippen molar-refractivity contribution in [1.29, 1.82) is 0 Å². The van der Waals surface area contributed by atoms with Crippen molar-refractivity contribution in [2.75, 3.05) is 0 Å². The summed E-state index contributed by atoms with van der Waals surface area (Å²) in [5, 5.41) is 0. The van der Waals surface area contributed by atoms with Gasteiger partial charge in [0, 0.05) is 11.5 Å². The molecule has 0 spiro atoms. The molecular formula is C15H20O. The van der Waals surface area contributed by atoms with E-state index in [9.17, 15) is 4.79 Å². The zero-order valence-corrected chi connectivity index (χ0v) is 10.2. The summed E-state index contributed by atoms with van der Waals surface area (Å²) >= 11 is 0. The molecule has 0 N–H and O–H groups in total. The average Bonchev–Trinajstić information content (AvgIpc) is 2.77. The Labute approximate surface area is 97.9 Å². The van der Waals surface area contributed by atoms with Crippen LogP contribution in [0.15, 0.2) is 24.3 Å². The van der Waals surface area contributed by atoms with Gasteiger partial charge in [-0.25, -0.2) is 0 Å². The normalized spacial score (nSPS) is 24.6. The smallest absolute Gasteiger partial charge is 0.165 e. The van der Waals surface area contributed by atoms with Gasteiger partial charge in [0.2, 0.25) is 0 Å². The van der Waals surface area contributed by atoms with E-state index in [4.69, 9.17) is 0 Å². The van der Waals surface area contributed by atoms with E-state index in [1.165, 1.54) is 18.4 Å². The molecule has 0 radical (unpaired) electrons. The lowest BCUT2D eigenvalue weighted by Gasteiger charge is -2.09. The van der Waals surface area contributed by atoms with E-state index in [-0.39, 0.29) is 5.92 Å². The number of benzene rings is 1. The predicted octanol–water partition coefficient (Wildman–Crippen LogP) is 4.00. The first-order valence-electron chi connectivity index (χ1n) is 6.31. The Kier molecular flexibility index (Phi) is 3.42. The number of ketones is 1. The van der Waals surface area contributed by atoms with E-state index >= 15 is 0 Å². The molecule has 1 nitrogen and oxygen atoms in total. The fourth-order valence-corrected chi connectivity index (χ4v) is 2.64. The van der Waals surface area contributed by atoms with E-state index in [1.54, 1.807) is 0 Å². The zero-order valence-electron chi connectivity index (χ0n) is 10.2. The van der Waals surface area contributed by atoms with Crippen LogP contribution < -0.4 is 0 Å². The minimum absolute atomic E-state index is 0.285. The number of hydrogen-bond donors (Lipinski definition) is 0. The quantitative estimate of drug-likeness (QED) is 0.698. The summed E-state index contributed by atoms with van der Waals surface area (Å²) in [6.45, 7) is 4.28. The van der Waals surface area contributed by atoms with Crippen LogP contribution in [0.5, 0.6) is 0 Å². The summed E-state index contributed by atoms with van der Waals surface area (Å²) in [6.07, 6.45) is 4.64. The summed E-state index contributed by atoms with van der Waals surface area (Å²) in [6, 6.07) is 7.99. The maximum absolute atomic E-state index is 12.2. The maximum Gasteiger partial charge on any atom is 0.165 e. The van der Waals surface area contributed by atoms with Crippen molar-refractivity contribution >= 4 is 5.78 Å². The molecule has 1 aromatic carbocycles. The first-order chi connectivity index (χ1) is 7.70. The monoisotopic (exact) mass is 216 g/mol. The Bertz CT molecular complexity index is 364. The van der Waals surface area contributed by atoms with Crippen LogP contribution in [0.4, 0.5) is 0 Å². The van der Waals surface area contributed by atoms with Gasteiger partial charge in [0.1, 0.15) is 0 Å². The predicted molar refractivity (Wildman–Crippen MR) is 66.6 cm³/mol. The molecule has 1 aromatic rings. The molecule has 2 atom stereocenters. The second kappa shape index (κ2) is 4.82. The number of carbonyl (C=O) groups excluding carboxylic acids is 1. The number of hydrogen-bond acceptors (Lipinski definition) is 1. The van der Waals surface area contributed by atoms with Crippen LogP contribution in [0.2, 0.25) is 0 Å². The van der Waals surface area contributed by atoms with E-state index < -0.39 is 0 Å². The van der Waals surface area contributed by atoms with Gasteiger partial charge >= 0.3 is 0 Å². The molecule has 2 unspecified atom stereocenters. The topological polar surface area (TPSA) is 17.1 Å². The molecule has 86 valence electrons. The molecule has 0 aliphatic heterocycles. The molecular weight excluding hydrogens is 196 g/mol. The van der Waals surface area contributed by atoms with Gasteiger partial charge < -0.3 is 0 Å². The molecule has 0 heterocycles. The third-order valence-corrected chi connectivity index (χ3v) is 3.83. The van der Waals surface area contributed by atoms with Crippen LogP contribution in [-0.4, -0.2) is 5.78 Å². The van der Waals surface area contributed by atoms with Crippen LogP contribution in [-0.2, 0) is 0 Å². The van der Waals surface area contributed by atoms with Gasteiger partial charge in [0.15, 0.2) is 5.78 Å². The zero-order chi connectivity index (χ0) is 11.5. The molecule has 0 saturated heterocycles. The van der Waals surface area contributed by atoms with Crippen LogP contribution in [0.25, 0.3) is 0 Å². The lowest BCUT2D eigenvalue weighted by Crippen LogP contribution is -2.11. The Morgan fingerprint density at radius 2 is 1.94 bits per heavy atom. The van der Waals surface area contributed by atoms with Gasteiger partial charge in [0.25, 0.3) is 0 Å². The average molecular weight is 216 g/mol. The largest absolute Gasteiger partial charge is 0.294 e. The molecule has 16 heavy (non-hydrogen) atoms. The minimum atomic E-state index is 0.285. The highest BCUT2D eigenvalue weighted by Crippen LogP contribution is 2.34. The summed E-state index contributed by atoms with van der Waals surface area (Å²) in [7, 11) is 0. The number of carbonyl (C=O) groups is 1. The second-order valence-electron chi connectivity index (χ2n) is 5.01. The van der Waals surface area contributed by atoms with E-state index in [0.717, 1.165) is 24.3 Å². The lowest BCUT2D eigenvalue weighted by molar-refractivity contribution is 0.0920. The molecule has 0 aromatic heterocycles. The molecule has 1 aliphatic rings. The fourth-order valence-electron chi connectivity index (χ4n) is 2.64. The van der Waals surface area contributed by atoms with E-state index in [0.29, 0.717) is 5.78 Å². The summed E-state index contributed by atoms with van der Waals surface area (Å²) in [5.41, 5.74) is 2.11. The van der Waals surface area contributed by atoms with E-state index in [1.807, 2.05) is 24.3 Å². The van der Waals surface area contributed by atoms with Crippen molar-refractivity contribution in [3.63, 3.8) is 0 Å². The third-order valence-electron chi connectivity index (χ3n) is 3.83. The Hall–Kier alpha value is -1.11. The summed E-state index contributed by atoms with van der Waals surface area (Å²) < 4.78 is 0. The molecule has 0 bridgehead atoms. The molecule has 1 saturated carbocycles. The van der Waals surface area contributed by atoms with Gasteiger partial charge in [-0.1, -0.05) is 43.2 Å². The summed E-state index contributed by atoms with van der Waals surface area (Å²) in [4.78, 5) is 12.2. The van der Waals surface area contributed by atoms with Gasteiger partial charge in [-0.2, -0.15) is 0 Å². The van der Waals surface area contributed by atoms with Crippen LogP contribution in [0.3, 0.4) is 0 Å². The first kappa shape index (κ1) is 11.4. The third kappa shape index (κ3) is 2.34. The van der Waals surface area contributed by atoms with E-state index in [2.05, 4.69) is 13.8 Å². The van der Waals surface area contributed by atoms with Crippen LogP contribution >= 0.6 is 0 Å². The Morgan fingerprint density at radius 1 is 1.25 bits per heavy atom. The van der Waals surface area contributed by atoms with Crippen molar-refractivity contribution in [1.82, 2.24) is 0 Å². The molecule has 2 rings (SSSR count). The lowest BCUT2D eigenvalue weighted by atomic mass is 9.94. The van der Waals surface area contributed by atoms with Crippen LogP contribution in [0, 0.1) is 18.8 Å². The van der Waals surface area contributed by atoms with Crippen molar-refractivity contribution in [3.05, 3.63) is 35.4 Å². The minimum Gasteiger partial charge on any atom is -0.294 e. The molecule has 1 aliphatic carbocycles. The highest BCUT2D eigenvalue weighted by molar-refractivity contribution is 5.98. The second-order valence-corrected chi connectivity index (χ2v) is 5.01. The SMILES string of the molecule is CCC1CCC(C(=O)c2ccc(C)cc2)C1. The fraction of sp³-hybridized carbons (Fsp3) is 0.533. The molecule has 0 amide bonds. The highest BCUT2D eigenvalue weighted by Gasteiger charge is 2.29. The van der Waals surface area contributed by atoms with Crippen LogP contribution in [0.1, 0.15) is 48.5 Å². The molecule has 1 fully saturated rings. The standard InChI is InChI=1S/C15H20O/c1-3-12-6-9-14(10-12)15(16)13-7-4-11(2)5-8-13/h4-5,7-8,12,14H,3,6,9-10H2,1-2H3. The number of rotatable bonds is 3.